The molecule has 19 heavy (non-hydrogen) atoms. The van der Waals surface area contributed by atoms with Crippen molar-refractivity contribution in [1.29, 1.82) is 0 Å². The van der Waals surface area contributed by atoms with E-state index in [0.717, 1.165) is 32.2 Å². The second-order valence-corrected chi connectivity index (χ2v) is 7.61. The monoisotopic (exact) mass is 267 g/mol. The van der Waals surface area contributed by atoms with Gasteiger partial charge in [-0.3, -0.25) is 4.79 Å². The van der Waals surface area contributed by atoms with E-state index in [9.17, 15) is 4.79 Å². The lowest BCUT2D eigenvalue weighted by Crippen LogP contribution is -2.46. The van der Waals surface area contributed by atoms with Crippen LogP contribution in [0, 0.1) is 17.3 Å². The molecule has 0 aromatic heterocycles. The van der Waals surface area contributed by atoms with Gasteiger partial charge in [-0.2, -0.15) is 0 Å². The summed E-state index contributed by atoms with van der Waals surface area (Å²) in [5, 5.41) is 3.30. The van der Waals surface area contributed by atoms with E-state index in [0.29, 0.717) is 17.3 Å². The summed E-state index contributed by atoms with van der Waals surface area (Å²) in [5.41, 5.74) is 0.301. The molecule has 0 aromatic rings. The molecule has 1 N–H and O–H groups in total. The van der Waals surface area contributed by atoms with Crippen molar-refractivity contribution in [2.24, 2.45) is 17.3 Å². The highest BCUT2D eigenvalue weighted by Crippen LogP contribution is 2.39. The molecule has 1 saturated carbocycles. The first-order valence-corrected chi connectivity index (χ1v) is 7.79. The number of piperidine rings is 1. The third-order valence-corrected chi connectivity index (χ3v) is 4.58. The smallest absolute Gasteiger partial charge is 0.323 e. The molecule has 0 radical (unpaired) electrons. The fourth-order valence-corrected chi connectivity index (χ4v) is 3.88. The molecular formula is C16H29NO2. The normalized spacial score (nSPS) is 38.7. The maximum Gasteiger partial charge on any atom is 0.323 e. The van der Waals surface area contributed by atoms with E-state index < -0.39 is 0 Å². The van der Waals surface area contributed by atoms with Crippen LogP contribution in [0.1, 0.15) is 59.8 Å². The second-order valence-electron chi connectivity index (χ2n) is 7.61. The highest BCUT2D eigenvalue weighted by molar-refractivity contribution is 5.76. The fraction of sp³-hybridized carbons (Fsp3) is 0.938. The predicted octanol–water partition coefficient (Wildman–Crippen LogP) is 3.13. The van der Waals surface area contributed by atoms with Crippen LogP contribution in [-0.2, 0) is 9.53 Å². The minimum atomic E-state index is -0.0795. The van der Waals surface area contributed by atoms with Crippen LogP contribution in [0.25, 0.3) is 0 Å². The first-order chi connectivity index (χ1) is 8.85. The Kier molecular flexibility index (Phi) is 4.54. The van der Waals surface area contributed by atoms with Crippen molar-refractivity contribution in [1.82, 2.24) is 5.32 Å². The van der Waals surface area contributed by atoms with E-state index in [1.807, 2.05) is 0 Å². The Balaban J connectivity index is 1.87. The molecule has 4 atom stereocenters. The number of nitrogens with one attached hydrogen (secondary N) is 1. The minimum Gasteiger partial charge on any atom is -0.461 e. The van der Waals surface area contributed by atoms with Gasteiger partial charge < -0.3 is 10.1 Å². The number of esters is 1. The Morgan fingerprint density at radius 2 is 1.89 bits per heavy atom. The van der Waals surface area contributed by atoms with E-state index in [1.54, 1.807) is 0 Å². The number of carbonyl (C=O) groups excluding carboxylic acids is 1. The first-order valence-electron chi connectivity index (χ1n) is 7.79. The third-order valence-electron chi connectivity index (χ3n) is 4.58. The number of rotatable bonds is 2. The molecule has 1 aliphatic heterocycles. The lowest BCUT2D eigenvalue weighted by molar-refractivity contribution is -0.157. The van der Waals surface area contributed by atoms with Gasteiger partial charge in [0.2, 0.25) is 0 Å². The molecule has 0 amide bonds. The molecule has 110 valence electrons. The molecule has 4 unspecified atom stereocenters. The molecule has 0 aromatic carbocycles. The van der Waals surface area contributed by atoms with Crippen molar-refractivity contribution in [3.05, 3.63) is 0 Å². The molecular weight excluding hydrogens is 238 g/mol. The van der Waals surface area contributed by atoms with Gasteiger partial charge in [0.15, 0.2) is 0 Å². The van der Waals surface area contributed by atoms with E-state index in [2.05, 4.69) is 33.0 Å². The third kappa shape index (κ3) is 4.20. The minimum absolute atomic E-state index is 0.0264. The highest BCUT2D eigenvalue weighted by Gasteiger charge is 2.35. The standard InChI is InChI=1S/C16H29NO2/c1-11-5-6-17-14(8-11)15(18)19-13-7-12(2)9-16(3,4)10-13/h11-14,17H,5-10H2,1-4H3. The molecule has 2 fully saturated rings. The molecule has 2 rings (SSSR count). The summed E-state index contributed by atoms with van der Waals surface area (Å²) in [5.74, 6) is 1.25. The molecule has 3 nitrogen and oxygen atoms in total. The van der Waals surface area contributed by atoms with Crippen LogP contribution in [0.5, 0.6) is 0 Å². The van der Waals surface area contributed by atoms with Gasteiger partial charge in [0, 0.05) is 0 Å². The van der Waals surface area contributed by atoms with Gasteiger partial charge in [-0.25, -0.2) is 0 Å². The van der Waals surface area contributed by atoms with Crippen molar-refractivity contribution < 1.29 is 9.53 Å². The quantitative estimate of drug-likeness (QED) is 0.781. The van der Waals surface area contributed by atoms with Crippen LogP contribution in [0.15, 0.2) is 0 Å². The number of hydrogen-bond acceptors (Lipinski definition) is 3. The lowest BCUT2D eigenvalue weighted by atomic mass is 9.71. The van der Waals surface area contributed by atoms with Crippen LogP contribution < -0.4 is 5.32 Å². The highest BCUT2D eigenvalue weighted by atomic mass is 16.5. The summed E-state index contributed by atoms with van der Waals surface area (Å²) in [7, 11) is 0. The second kappa shape index (κ2) is 5.82. The maximum absolute atomic E-state index is 12.2. The largest absolute Gasteiger partial charge is 0.461 e. The van der Waals surface area contributed by atoms with Crippen LogP contribution in [-0.4, -0.2) is 24.7 Å². The predicted molar refractivity (Wildman–Crippen MR) is 76.9 cm³/mol. The molecule has 0 spiro atoms. The summed E-state index contributed by atoms with van der Waals surface area (Å²) in [6, 6.07) is -0.0795. The van der Waals surface area contributed by atoms with Crippen LogP contribution in [0.4, 0.5) is 0 Å². The van der Waals surface area contributed by atoms with Gasteiger partial charge >= 0.3 is 5.97 Å². The molecule has 1 heterocycles. The lowest BCUT2D eigenvalue weighted by Gasteiger charge is -2.39. The van der Waals surface area contributed by atoms with Crippen LogP contribution in [0.2, 0.25) is 0 Å². The molecule has 0 bridgehead atoms. The zero-order valence-electron chi connectivity index (χ0n) is 12.9. The van der Waals surface area contributed by atoms with E-state index in [1.165, 1.54) is 6.42 Å². The Morgan fingerprint density at radius 3 is 2.53 bits per heavy atom. The van der Waals surface area contributed by atoms with Crippen molar-refractivity contribution in [3.63, 3.8) is 0 Å². The topological polar surface area (TPSA) is 38.3 Å². The van der Waals surface area contributed by atoms with Gasteiger partial charge in [0.25, 0.3) is 0 Å². The van der Waals surface area contributed by atoms with E-state index in [4.69, 9.17) is 4.74 Å². The van der Waals surface area contributed by atoms with Gasteiger partial charge in [-0.1, -0.05) is 27.7 Å². The summed E-state index contributed by atoms with van der Waals surface area (Å²) in [6.07, 6.45) is 5.47. The number of ether oxygens (including phenoxy) is 1. The molecule has 1 aliphatic carbocycles. The van der Waals surface area contributed by atoms with E-state index in [-0.39, 0.29) is 18.1 Å². The summed E-state index contributed by atoms with van der Waals surface area (Å²) in [4.78, 5) is 12.2. The molecule has 2 aliphatic rings. The van der Waals surface area contributed by atoms with Gasteiger partial charge in [-0.05, 0) is 55.9 Å². The number of hydrogen-bond donors (Lipinski definition) is 1. The van der Waals surface area contributed by atoms with Crippen molar-refractivity contribution in [2.75, 3.05) is 6.54 Å². The van der Waals surface area contributed by atoms with Crippen molar-refractivity contribution in [2.45, 2.75) is 71.9 Å². The van der Waals surface area contributed by atoms with Gasteiger partial charge in [0.1, 0.15) is 12.1 Å². The Morgan fingerprint density at radius 1 is 1.16 bits per heavy atom. The Labute approximate surface area is 117 Å². The summed E-state index contributed by atoms with van der Waals surface area (Å²) < 4.78 is 5.78. The maximum atomic E-state index is 12.2. The van der Waals surface area contributed by atoms with Gasteiger partial charge in [0.05, 0.1) is 0 Å². The average Bonchev–Trinajstić information content (AvgIpc) is 2.25. The van der Waals surface area contributed by atoms with E-state index >= 15 is 0 Å². The molecule has 3 heteroatoms. The Hall–Kier alpha value is -0.570. The Bertz CT molecular complexity index is 327. The summed E-state index contributed by atoms with van der Waals surface area (Å²) in [6.45, 7) is 9.98. The number of carbonyl (C=O) groups is 1. The first kappa shape index (κ1) is 14.8. The zero-order valence-corrected chi connectivity index (χ0v) is 12.9. The zero-order chi connectivity index (χ0) is 14.0. The van der Waals surface area contributed by atoms with Crippen LogP contribution in [0.3, 0.4) is 0 Å². The average molecular weight is 267 g/mol. The van der Waals surface area contributed by atoms with Gasteiger partial charge in [-0.15, -0.1) is 0 Å². The summed E-state index contributed by atoms with van der Waals surface area (Å²) >= 11 is 0. The SMILES string of the molecule is CC1CCNC(C(=O)OC2CC(C)CC(C)(C)C2)C1. The van der Waals surface area contributed by atoms with Crippen molar-refractivity contribution >= 4 is 5.97 Å². The molecule has 1 saturated heterocycles. The fourth-order valence-electron chi connectivity index (χ4n) is 3.88. The van der Waals surface area contributed by atoms with Crippen molar-refractivity contribution in [3.8, 4) is 0 Å². The van der Waals surface area contributed by atoms with Crippen LogP contribution >= 0.6 is 0 Å².